The maximum Gasteiger partial charge on any atom is 0.298 e. The summed E-state index contributed by atoms with van der Waals surface area (Å²) >= 11 is 0. The lowest BCUT2D eigenvalue weighted by molar-refractivity contribution is -0.120. The number of carbonyl (C=O) groups excluding carboxylic acids is 4. The molecule has 2 spiro atoms. The van der Waals surface area contributed by atoms with Crippen molar-refractivity contribution in [2.75, 3.05) is 32.8 Å². The number of nitrogen functional groups attached to an aromatic ring is 1. The Morgan fingerprint density at radius 3 is 1.37 bits per heavy atom. The predicted octanol–water partition coefficient (Wildman–Crippen LogP) is 10.4. The van der Waals surface area contributed by atoms with Gasteiger partial charge >= 0.3 is 0 Å². The Morgan fingerprint density at radius 2 is 0.964 bits per heavy atom. The highest BCUT2D eigenvalue weighted by atomic mass is 32.1. The largest absolute Gasteiger partial charge is 0.429 e. The minimum Gasteiger partial charge on any atom is -0.429 e. The van der Waals surface area contributed by atoms with Crippen LogP contribution in [0.1, 0.15) is 126 Å². The van der Waals surface area contributed by atoms with Gasteiger partial charge in [0.15, 0.2) is 23.3 Å². The smallest absolute Gasteiger partial charge is 0.298 e. The summed E-state index contributed by atoms with van der Waals surface area (Å²) in [7, 11) is 0. The van der Waals surface area contributed by atoms with Crippen molar-refractivity contribution in [1.29, 1.82) is 0 Å². The van der Waals surface area contributed by atoms with Crippen molar-refractivity contribution in [3.05, 3.63) is 207 Å². The number of ether oxygens (including phenoxy) is 3. The molecule has 2 aliphatic carbocycles. The van der Waals surface area contributed by atoms with Gasteiger partial charge in [-0.3, -0.25) is 45.3 Å². The molecule has 10 rings (SSSR count). The number of nitrogens with two attached hydrogens (primary N) is 1. The fourth-order valence-corrected chi connectivity index (χ4v) is 11.3. The Kier molecular flexibility index (Phi) is 24.7. The fraction of sp³-hybridized carbons (Fsp3) is 0.375. The Morgan fingerprint density at radius 1 is 0.560 bits per heavy atom. The number of fused-ring (bicyclic) bond motifs is 2. The van der Waals surface area contributed by atoms with Crippen molar-refractivity contribution < 1.29 is 51.0 Å². The van der Waals surface area contributed by atoms with Gasteiger partial charge in [0, 0.05) is 29.8 Å². The van der Waals surface area contributed by atoms with Crippen molar-refractivity contribution in [1.82, 2.24) is 31.0 Å². The summed E-state index contributed by atoms with van der Waals surface area (Å²) in [6.07, 6.45) is 5.56. The molecule has 2 atom stereocenters. The molecule has 4 aliphatic rings. The van der Waals surface area contributed by atoms with E-state index in [0.29, 0.717) is 24.4 Å². The van der Waals surface area contributed by atoms with Gasteiger partial charge < -0.3 is 19.1 Å². The van der Waals surface area contributed by atoms with E-state index in [4.69, 9.17) is 20.1 Å². The van der Waals surface area contributed by atoms with Gasteiger partial charge in [-0.15, -0.1) is 0 Å². The topological polar surface area (TPSA) is 168 Å². The predicted molar refractivity (Wildman–Crippen MR) is 327 cm³/mol. The maximum atomic E-state index is 13.4. The molecule has 14 nitrogen and oxygen atoms in total. The Labute approximate surface area is 504 Å². The third-order valence-electron chi connectivity index (χ3n) is 15.9. The molecule has 452 valence electrons. The van der Waals surface area contributed by atoms with Crippen molar-refractivity contribution in [3.63, 3.8) is 0 Å². The zero-order chi connectivity index (χ0) is 59.2. The van der Waals surface area contributed by atoms with Crippen LogP contribution < -0.4 is 26.9 Å². The van der Waals surface area contributed by atoms with Gasteiger partial charge in [-0.2, -0.15) is 27.0 Å². The number of aryl methyl sites for hydroxylation is 2. The molecule has 0 radical (unpaired) electrons. The monoisotopic (exact) mass is 1200 g/mol. The summed E-state index contributed by atoms with van der Waals surface area (Å²) in [5.41, 5.74) is 13.2. The SMILES string of the molecule is CC1(C)OC[C@@]2(CCc3ccc(C(=O)NNC(=O)c4ccc(F)c(F)c4)cc3C2)N1Cc1ccccc1.CC1(C)OC[C@@]2(CCc3ccc(OC=O)cc3C2)N1Cc1ccccc1.CCN(CC)CC.NNC(=O)c1ccc(F)c(F)c1.S.S. The van der Waals surface area contributed by atoms with Crippen molar-refractivity contribution in [2.24, 2.45) is 5.84 Å². The van der Waals surface area contributed by atoms with Crippen LogP contribution in [0.15, 0.2) is 133 Å². The second kappa shape index (κ2) is 30.5. The van der Waals surface area contributed by atoms with Gasteiger partial charge in [0.1, 0.15) is 17.2 Å². The lowest BCUT2D eigenvalue weighted by atomic mass is 9.76. The van der Waals surface area contributed by atoms with E-state index in [-0.39, 0.29) is 54.9 Å². The van der Waals surface area contributed by atoms with E-state index in [1.54, 1.807) is 11.5 Å². The van der Waals surface area contributed by atoms with Gasteiger partial charge in [0.05, 0.1) is 24.3 Å². The molecule has 20 heteroatoms. The van der Waals surface area contributed by atoms with Crippen LogP contribution in [0.4, 0.5) is 17.6 Å². The van der Waals surface area contributed by atoms with E-state index < -0.39 is 46.7 Å². The number of halogens is 4. The number of nitrogens with one attached hydrogen (secondary N) is 3. The highest BCUT2D eigenvalue weighted by molar-refractivity contribution is 7.59. The molecule has 2 fully saturated rings. The van der Waals surface area contributed by atoms with Crippen LogP contribution >= 0.6 is 27.0 Å². The van der Waals surface area contributed by atoms with Crippen LogP contribution in [0.3, 0.4) is 0 Å². The molecular formula is C64H79F4N7O7S2. The lowest BCUT2D eigenvalue weighted by Crippen LogP contribution is -2.54. The number of hydrogen-bond donors (Lipinski definition) is 4. The van der Waals surface area contributed by atoms with Crippen LogP contribution in [0.25, 0.3) is 0 Å². The summed E-state index contributed by atoms with van der Waals surface area (Å²) in [6, 6.07) is 38.0. The highest BCUT2D eigenvalue weighted by Crippen LogP contribution is 2.46. The number of nitrogens with zero attached hydrogens (tertiary/aromatic N) is 3. The maximum absolute atomic E-state index is 13.4. The molecule has 84 heavy (non-hydrogen) atoms. The van der Waals surface area contributed by atoms with Gasteiger partial charge in [-0.25, -0.2) is 23.4 Å². The summed E-state index contributed by atoms with van der Waals surface area (Å²) in [5.74, 6) is -0.766. The quantitative estimate of drug-likeness (QED) is 0.0303. The van der Waals surface area contributed by atoms with E-state index in [1.807, 2.05) is 42.5 Å². The Balaban J connectivity index is 0.000000237. The molecule has 2 saturated heterocycles. The normalized spacial score (nSPS) is 18.8. The molecule has 6 aromatic rings. The number of carbonyl (C=O) groups is 4. The Bertz CT molecular complexity index is 3170. The first-order valence-electron chi connectivity index (χ1n) is 27.7. The van der Waals surface area contributed by atoms with E-state index >= 15 is 0 Å². The molecule has 0 unspecified atom stereocenters. The molecule has 0 saturated carbocycles. The highest BCUT2D eigenvalue weighted by Gasteiger charge is 2.53. The molecule has 6 aromatic carbocycles. The number of rotatable bonds is 12. The summed E-state index contributed by atoms with van der Waals surface area (Å²) in [6.45, 7) is 22.1. The summed E-state index contributed by atoms with van der Waals surface area (Å²) in [5, 5.41) is 0. The fourth-order valence-electron chi connectivity index (χ4n) is 11.3. The van der Waals surface area contributed by atoms with Gasteiger partial charge in [-0.1, -0.05) is 93.6 Å². The second-order valence-corrected chi connectivity index (χ2v) is 21.8. The van der Waals surface area contributed by atoms with Crippen molar-refractivity contribution in [3.8, 4) is 5.75 Å². The first kappa shape index (κ1) is 68.2. The average Bonchev–Trinajstić information content (AvgIpc) is 4.12. The van der Waals surface area contributed by atoms with E-state index in [0.717, 1.165) is 100 Å². The lowest BCUT2D eigenvalue weighted by Gasteiger charge is -2.45. The van der Waals surface area contributed by atoms with Crippen LogP contribution in [-0.4, -0.2) is 94.3 Å². The average molecular weight is 1200 g/mol. The van der Waals surface area contributed by atoms with Crippen LogP contribution in [-0.2, 0) is 53.0 Å². The van der Waals surface area contributed by atoms with Crippen LogP contribution in [0.5, 0.6) is 5.75 Å². The van der Waals surface area contributed by atoms with E-state index in [1.165, 1.54) is 47.5 Å². The van der Waals surface area contributed by atoms with Crippen LogP contribution in [0, 0.1) is 23.3 Å². The number of benzene rings is 6. The molecular weight excluding hydrogens is 1120 g/mol. The van der Waals surface area contributed by atoms with Gasteiger partial charge in [0.25, 0.3) is 24.2 Å². The first-order valence-corrected chi connectivity index (χ1v) is 27.7. The molecule has 3 amide bonds. The van der Waals surface area contributed by atoms with Crippen molar-refractivity contribution in [2.45, 2.75) is 123 Å². The number of hydrazine groups is 2. The first-order chi connectivity index (χ1) is 39.2. The zero-order valence-electron chi connectivity index (χ0n) is 48.8. The minimum absolute atomic E-state index is 0. The molecule has 0 aromatic heterocycles. The van der Waals surface area contributed by atoms with Gasteiger partial charge in [0.2, 0.25) is 0 Å². The van der Waals surface area contributed by atoms with Crippen molar-refractivity contribution >= 4 is 51.2 Å². The minimum atomic E-state index is -1.14. The molecule has 2 heterocycles. The molecule has 0 bridgehead atoms. The summed E-state index contributed by atoms with van der Waals surface area (Å²) in [4.78, 5) is 53.8. The third kappa shape index (κ3) is 16.8. The molecule has 2 aliphatic heterocycles. The second-order valence-electron chi connectivity index (χ2n) is 21.8. The summed E-state index contributed by atoms with van der Waals surface area (Å²) < 4.78 is 69.0. The van der Waals surface area contributed by atoms with E-state index in [2.05, 4.69) is 123 Å². The number of hydrogen-bond acceptors (Lipinski definition) is 11. The third-order valence-corrected chi connectivity index (χ3v) is 15.9. The van der Waals surface area contributed by atoms with Crippen LogP contribution in [0.2, 0.25) is 0 Å². The standard InChI is InChI=1S/C29H29F2N3O3.C22H25NO3.C7H6F2N2O.C6H15N.2H2S/c1-28(2)34(17-19-6-4-3-5-7-19)29(18-37-28)13-12-20-8-9-21(14-23(20)16-29)26(35)32-33-27(36)22-10-11-24(30)25(31)15-22;1-21(2)23(14-17-6-4-3-5-7-17)22(15-26-21)11-10-18-8-9-20(25-16-24)12-19(18)13-22;8-5-2-1-4(3-6(5)9)7(12)11-10;1-4-7(5-2)6-3;;/h3-11,14-15H,12-13,16-18H2,1-2H3,(H,32,35)(H,33,36);3-9,12,16H,10-11,13-15H2,1-2H3;1-3H,10H2,(H,11,12);4-6H2,1-3H3;2*1H2/t29-;22-;;;;/m00..../s1. The Hall–Kier alpha value is -6.62. The number of amides is 3. The molecule has 5 N–H and O–H groups in total. The zero-order valence-corrected chi connectivity index (χ0v) is 50.8. The van der Waals surface area contributed by atoms with E-state index in [9.17, 15) is 36.7 Å². The van der Waals surface area contributed by atoms with Gasteiger partial charge in [-0.05, 0) is 180 Å².